The van der Waals surface area contributed by atoms with Crippen molar-refractivity contribution in [3.63, 3.8) is 0 Å². The first-order valence-electron chi connectivity index (χ1n) is 5.58. The zero-order valence-electron chi connectivity index (χ0n) is 10.6. The highest BCUT2D eigenvalue weighted by Gasteiger charge is 2.35. The molecule has 0 aromatic carbocycles. The third-order valence-corrected chi connectivity index (χ3v) is 4.17. The summed E-state index contributed by atoms with van der Waals surface area (Å²) in [4.78, 5) is 2.54. The van der Waals surface area contributed by atoms with Gasteiger partial charge in [-0.3, -0.25) is 0 Å². The van der Waals surface area contributed by atoms with E-state index in [9.17, 15) is 21.6 Å². The van der Waals surface area contributed by atoms with E-state index < -0.39 is 22.7 Å². The van der Waals surface area contributed by atoms with Gasteiger partial charge in [-0.25, -0.2) is 8.42 Å². The quantitative estimate of drug-likeness (QED) is 0.832. The molecule has 2 N–H and O–H groups in total. The lowest BCUT2D eigenvalue weighted by molar-refractivity contribution is -0.134. The molecule has 0 unspecified atom stereocenters. The van der Waals surface area contributed by atoms with Gasteiger partial charge < -0.3 is 10.3 Å². The number of nitrogens with zero attached hydrogens (tertiary/aromatic N) is 1. The first kappa shape index (κ1) is 16.0. The molecule has 0 atom stereocenters. The van der Waals surface area contributed by atoms with Gasteiger partial charge in [0.2, 0.25) is 10.0 Å². The molecule has 110 valence electrons. The highest BCUT2D eigenvalue weighted by atomic mass is 32.2. The number of hydrogen-bond acceptors (Lipinski definition) is 3. The topological polar surface area (TPSA) is 65.2 Å². The summed E-state index contributed by atoms with van der Waals surface area (Å²) in [6.07, 6.45) is -3.38. The number of rotatable bonds is 6. The van der Waals surface area contributed by atoms with E-state index >= 15 is 0 Å². The Morgan fingerprint density at radius 3 is 2.58 bits per heavy atom. The number of sulfonamides is 1. The number of aromatic amines is 1. The first-order chi connectivity index (χ1) is 8.66. The molecule has 0 spiro atoms. The van der Waals surface area contributed by atoms with Gasteiger partial charge in [-0.1, -0.05) is 6.92 Å². The van der Waals surface area contributed by atoms with E-state index in [2.05, 4.69) is 10.3 Å². The summed E-state index contributed by atoms with van der Waals surface area (Å²) in [5, 5.41) is 2.98. The van der Waals surface area contributed by atoms with E-state index in [1.807, 2.05) is 6.92 Å². The second kappa shape index (κ2) is 5.93. The van der Waals surface area contributed by atoms with Crippen molar-refractivity contribution in [1.82, 2.24) is 14.6 Å². The zero-order chi connectivity index (χ0) is 14.7. The second-order valence-electron chi connectivity index (χ2n) is 4.02. The number of halogens is 3. The Balaban J connectivity index is 2.85. The predicted molar refractivity (Wildman–Crippen MR) is 64.0 cm³/mol. The van der Waals surface area contributed by atoms with E-state index in [0.717, 1.165) is 7.05 Å². The summed E-state index contributed by atoms with van der Waals surface area (Å²) in [5.41, 5.74) is 0.598. The van der Waals surface area contributed by atoms with Crippen molar-refractivity contribution in [1.29, 1.82) is 0 Å². The molecule has 1 aromatic heterocycles. The maximum Gasteiger partial charge on any atom is 0.402 e. The lowest BCUT2D eigenvalue weighted by Crippen LogP contribution is -2.35. The maximum absolute atomic E-state index is 12.2. The molecule has 1 aromatic rings. The van der Waals surface area contributed by atoms with Crippen molar-refractivity contribution in [3.05, 3.63) is 18.0 Å². The van der Waals surface area contributed by atoms with Gasteiger partial charge in [-0.05, 0) is 12.6 Å². The van der Waals surface area contributed by atoms with Gasteiger partial charge in [0.25, 0.3) is 0 Å². The Bertz CT molecular complexity index is 510. The summed E-state index contributed by atoms with van der Waals surface area (Å²) >= 11 is 0. The van der Waals surface area contributed by atoms with Crippen LogP contribution < -0.4 is 5.32 Å². The molecule has 0 saturated carbocycles. The summed E-state index contributed by atoms with van der Waals surface area (Å²) in [5.74, 6) is 0. The van der Waals surface area contributed by atoms with Crippen LogP contribution in [0.4, 0.5) is 13.2 Å². The minimum absolute atomic E-state index is 0.174. The molecule has 5 nitrogen and oxygen atoms in total. The SMILES string of the molecule is CCNCc1cc(S(=O)(=O)N(C)CC(F)(F)F)c[nH]1. The number of alkyl halides is 3. The second-order valence-corrected chi connectivity index (χ2v) is 6.06. The summed E-state index contributed by atoms with van der Waals surface area (Å²) in [6.45, 7) is 1.50. The van der Waals surface area contributed by atoms with Crippen LogP contribution in [-0.2, 0) is 16.6 Å². The molecule has 9 heteroatoms. The van der Waals surface area contributed by atoms with Crippen LogP contribution >= 0.6 is 0 Å². The highest BCUT2D eigenvalue weighted by molar-refractivity contribution is 7.89. The smallest absolute Gasteiger partial charge is 0.363 e. The molecule has 0 radical (unpaired) electrons. The predicted octanol–water partition coefficient (Wildman–Crippen LogP) is 1.31. The molecule has 0 bridgehead atoms. The largest absolute Gasteiger partial charge is 0.402 e. The number of nitrogens with one attached hydrogen (secondary N) is 2. The van der Waals surface area contributed by atoms with Crippen LogP contribution in [0.25, 0.3) is 0 Å². The Morgan fingerprint density at radius 2 is 2.05 bits per heavy atom. The molecule has 1 rings (SSSR count). The fourth-order valence-electron chi connectivity index (χ4n) is 1.45. The van der Waals surface area contributed by atoms with Crippen molar-refractivity contribution in [2.75, 3.05) is 20.1 Å². The van der Waals surface area contributed by atoms with Gasteiger partial charge in [0.1, 0.15) is 6.54 Å². The van der Waals surface area contributed by atoms with Crippen LogP contribution in [0.5, 0.6) is 0 Å². The van der Waals surface area contributed by atoms with E-state index in [1.54, 1.807) is 0 Å². The third-order valence-electron chi connectivity index (χ3n) is 2.39. The Labute approximate surface area is 109 Å². The maximum atomic E-state index is 12.2. The lowest BCUT2D eigenvalue weighted by Gasteiger charge is -2.17. The van der Waals surface area contributed by atoms with Crippen molar-refractivity contribution in [2.45, 2.75) is 24.5 Å². The molecule has 19 heavy (non-hydrogen) atoms. The highest BCUT2D eigenvalue weighted by Crippen LogP contribution is 2.21. The Kier molecular flexibility index (Phi) is 4.99. The molecular weight excluding hydrogens is 283 g/mol. The molecular formula is C10H16F3N3O2S. The minimum atomic E-state index is -4.56. The lowest BCUT2D eigenvalue weighted by atomic mass is 10.4. The van der Waals surface area contributed by atoms with Crippen LogP contribution in [0, 0.1) is 0 Å². The Hall–Kier alpha value is -1.06. The van der Waals surface area contributed by atoms with E-state index in [0.29, 0.717) is 18.8 Å². The number of aromatic nitrogens is 1. The van der Waals surface area contributed by atoms with Gasteiger partial charge in [0.15, 0.2) is 0 Å². The van der Waals surface area contributed by atoms with Gasteiger partial charge in [-0.2, -0.15) is 17.5 Å². The standard InChI is InChI=1S/C10H16F3N3O2S/c1-3-14-5-8-4-9(6-15-8)19(17,18)16(2)7-10(11,12)13/h4,6,14-15H,3,5,7H2,1-2H3. The third kappa shape index (κ3) is 4.51. The van der Waals surface area contributed by atoms with Crippen LogP contribution in [0.15, 0.2) is 17.2 Å². The molecule has 0 aliphatic carbocycles. The summed E-state index contributed by atoms with van der Waals surface area (Å²) in [6, 6.07) is 1.32. The van der Waals surface area contributed by atoms with E-state index in [1.165, 1.54) is 12.3 Å². The van der Waals surface area contributed by atoms with Crippen LogP contribution in [0.2, 0.25) is 0 Å². The molecule has 0 saturated heterocycles. The Morgan fingerprint density at radius 1 is 1.42 bits per heavy atom. The zero-order valence-corrected chi connectivity index (χ0v) is 11.4. The minimum Gasteiger partial charge on any atom is -0.363 e. The molecule has 0 amide bonds. The average Bonchev–Trinajstić information content (AvgIpc) is 2.73. The van der Waals surface area contributed by atoms with Crippen LogP contribution in [-0.4, -0.2) is 44.0 Å². The summed E-state index contributed by atoms with van der Waals surface area (Å²) in [7, 11) is -3.22. The fraction of sp³-hybridized carbons (Fsp3) is 0.600. The molecule has 0 aliphatic rings. The van der Waals surface area contributed by atoms with Gasteiger partial charge in [0.05, 0.1) is 4.90 Å². The van der Waals surface area contributed by atoms with E-state index in [-0.39, 0.29) is 9.20 Å². The number of hydrogen-bond donors (Lipinski definition) is 2. The van der Waals surface area contributed by atoms with Crippen molar-refractivity contribution in [3.8, 4) is 0 Å². The normalized spacial score (nSPS) is 13.2. The van der Waals surface area contributed by atoms with Gasteiger partial charge >= 0.3 is 6.18 Å². The van der Waals surface area contributed by atoms with Crippen molar-refractivity contribution < 1.29 is 21.6 Å². The van der Waals surface area contributed by atoms with E-state index in [4.69, 9.17) is 0 Å². The van der Waals surface area contributed by atoms with Crippen molar-refractivity contribution >= 4 is 10.0 Å². The van der Waals surface area contributed by atoms with Crippen LogP contribution in [0.3, 0.4) is 0 Å². The van der Waals surface area contributed by atoms with Crippen molar-refractivity contribution in [2.24, 2.45) is 0 Å². The molecule has 1 heterocycles. The average molecular weight is 299 g/mol. The van der Waals surface area contributed by atoms with Gasteiger partial charge in [0, 0.05) is 25.5 Å². The molecule has 0 aliphatic heterocycles. The first-order valence-corrected chi connectivity index (χ1v) is 7.02. The fourth-order valence-corrected chi connectivity index (χ4v) is 2.62. The van der Waals surface area contributed by atoms with Gasteiger partial charge in [-0.15, -0.1) is 0 Å². The summed E-state index contributed by atoms with van der Waals surface area (Å²) < 4.78 is 60.6. The molecule has 0 fully saturated rings. The van der Waals surface area contributed by atoms with Crippen LogP contribution in [0.1, 0.15) is 12.6 Å². The number of H-pyrrole nitrogens is 1. The monoisotopic (exact) mass is 299 g/mol.